The summed E-state index contributed by atoms with van der Waals surface area (Å²) >= 11 is 0. The second-order valence-corrected chi connectivity index (χ2v) is 9.82. The lowest BCUT2D eigenvalue weighted by molar-refractivity contribution is -0.139. The van der Waals surface area contributed by atoms with Crippen molar-refractivity contribution in [1.82, 2.24) is 9.21 Å². The zero-order valence-corrected chi connectivity index (χ0v) is 16.9. The molecule has 0 bridgehead atoms. The summed E-state index contributed by atoms with van der Waals surface area (Å²) in [6, 6.07) is 0.0989. The largest absolute Gasteiger partial charge is 0.480 e. The van der Waals surface area contributed by atoms with E-state index in [0.29, 0.717) is 45.0 Å². The lowest BCUT2D eigenvalue weighted by atomic mass is 9.88. The van der Waals surface area contributed by atoms with Gasteiger partial charge in [0.05, 0.1) is 25.0 Å². The second-order valence-electron chi connectivity index (χ2n) is 7.57. The highest BCUT2D eigenvalue weighted by Crippen LogP contribution is 2.26. The minimum Gasteiger partial charge on any atom is -0.480 e. The Bertz CT molecular complexity index is 546. The van der Waals surface area contributed by atoms with Crippen LogP contribution >= 0.6 is 0 Å². The summed E-state index contributed by atoms with van der Waals surface area (Å²) in [5, 5.41) is 9.24. The molecule has 2 aliphatic rings. The van der Waals surface area contributed by atoms with E-state index in [-0.39, 0.29) is 24.4 Å². The van der Waals surface area contributed by atoms with E-state index in [1.807, 2.05) is 4.90 Å². The monoisotopic (exact) mass is 390 g/mol. The van der Waals surface area contributed by atoms with E-state index in [1.54, 1.807) is 6.92 Å². The minimum absolute atomic E-state index is 0.0191. The lowest BCUT2D eigenvalue weighted by Crippen LogP contribution is -2.49. The van der Waals surface area contributed by atoms with Crippen LogP contribution in [0.1, 0.15) is 52.4 Å². The number of aliphatic carboxylic acids is 1. The first-order valence-electron chi connectivity index (χ1n) is 9.88. The number of nitrogens with zero attached hydrogens (tertiary/aromatic N) is 2. The molecule has 0 spiro atoms. The summed E-state index contributed by atoms with van der Waals surface area (Å²) in [7, 11) is -3.16. The van der Waals surface area contributed by atoms with Crippen LogP contribution in [-0.4, -0.2) is 79.4 Å². The molecule has 0 radical (unpaired) electrons. The number of carboxylic acid groups (broad SMARTS) is 1. The highest BCUT2D eigenvalue weighted by Gasteiger charge is 2.30. The van der Waals surface area contributed by atoms with E-state index >= 15 is 0 Å². The Morgan fingerprint density at radius 1 is 1.19 bits per heavy atom. The molecule has 1 N–H and O–H groups in total. The number of hydrogen-bond donors (Lipinski definition) is 1. The van der Waals surface area contributed by atoms with Crippen LogP contribution in [0.5, 0.6) is 0 Å². The van der Waals surface area contributed by atoms with Crippen LogP contribution in [0, 0.1) is 5.92 Å². The van der Waals surface area contributed by atoms with E-state index < -0.39 is 16.0 Å². The molecule has 1 saturated heterocycles. The van der Waals surface area contributed by atoms with E-state index in [0.717, 1.165) is 6.42 Å². The average Bonchev–Trinajstić information content (AvgIpc) is 2.62. The highest BCUT2D eigenvalue weighted by molar-refractivity contribution is 7.89. The molecule has 0 aromatic heterocycles. The summed E-state index contributed by atoms with van der Waals surface area (Å²) in [6.07, 6.45) is 6.40. The summed E-state index contributed by atoms with van der Waals surface area (Å²) in [5.74, 6) is -0.164. The Morgan fingerprint density at radius 3 is 2.42 bits per heavy atom. The van der Waals surface area contributed by atoms with Gasteiger partial charge in [0.2, 0.25) is 10.0 Å². The van der Waals surface area contributed by atoms with Crippen LogP contribution in [0.25, 0.3) is 0 Å². The number of ether oxygens (including phenoxy) is 1. The minimum atomic E-state index is -3.16. The van der Waals surface area contributed by atoms with Crippen LogP contribution in [0.2, 0.25) is 0 Å². The third-order valence-electron chi connectivity index (χ3n) is 5.78. The fourth-order valence-electron chi connectivity index (χ4n) is 4.08. The van der Waals surface area contributed by atoms with Crippen LogP contribution in [-0.2, 0) is 19.6 Å². The number of piperidine rings is 1. The Kier molecular flexibility index (Phi) is 8.32. The van der Waals surface area contributed by atoms with Crippen LogP contribution in [0.3, 0.4) is 0 Å². The molecular weight excluding hydrogens is 356 g/mol. The van der Waals surface area contributed by atoms with Crippen LogP contribution < -0.4 is 0 Å². The summed E-state index contributed by atoms with van der Waals surface area (Å²) < 4.78 is 31.5. The van der Waals surface area contributed by atoms with Gasteiger partial charge in [0, 0.05) is 25.7 Å². The molecule has 2 fully saturated rings. The van der Waals surface area contributed by atoms with Gasteiger partial charge in [-0.3, -0.25) is 9.69 Å². The van der Waals surface area contributed by atoms with Crippen molar-refractivity contribution >= 4 is 16.0 Å². The fourth-order valence-corrected chi connectivity index (χ4v) is 5.22. The molecule has 2 atom stereocenters. The quantitative estimate of drug-likeness (QED) is 0.646. The summed E-state index contributed by atoms with van der Waals surface area (Å²) in [5.41, 5.74) is 0. The highest BCUT2D eigenvalue weighted by atomic mass is 32.2. The van der Waals surface area contributed by atoms with Crippen LogP contribution in [0.15, 0.2) is 0 Å². The van der Waals surface area contributed by atoms with Crippen molar-refractivity contribution in [3.8, 4) is 0 Å². The van der Waals surface area contributed by atoms with Gasteiger partial charge in [-0.15, -0.1) is 0 Å². The first-order valence-corrected chi connectivity index (χ1v) is 11.5. The SMILES string of the molecule is CCS(=O)(=O)N1CCC(N(CCO[C@@H]2CCCC[C@H]2C)CC(=O)O)CC1. The number of sulfonamides is 1. The molecule has 1 aliphatic carbocycles. The van der Waals surface area contributed by atoms with Gasteiger partial charge < -0.3 is 9.84 Å². The first kappa shape index (κ1) is 21.6. The first-order chi connectivity index (χ1) is 12.3. The molecule has 0 aromatic rings. The molecule has 2 rings (SSSR count). The smallest absolute Gasteiger partial charge is 0.317 e. The van der Waals surface area contributed by atoms with Crippen molar-refractivity contribution in [3.05, 3.63) is 0 Å². The molecule has 0 unspecified atom stereocenters. The maximum absolute atomic E-state index is 12.0. The van der Waals surface area contributed by atoms with Crippen molar-refractivity contribution in [2.24, 2.45) is 5.92 Å². The molecule has 26 heavy (non-hydrogen) atoms. The van der Waals surface area contributed by atoms with Gasteiger partial charge in [0.1, 0.15) is 0 Å². The van der Waals surface area contributed by atoms with E-state index in [1.165, 1.54) is 23.6 Å². The van der Waals surface area contributed by atoms with Crippen LogP contribution in [0.4, 0.5) is 0 Å². The third kappa shape index (κ3) is 6.18. The topological polar surface area (TPSA) is 87.2 Å². The maximum Gasteiger partial charge on any atom is 0.317 e. The molecule has 7 nitrogen and oxygen atoms in total. The standard InChI is InChI=1S/C18H34N2O5S/c1-3-26(23,24)20-10-8-16(9-11-20)19(14-18(21)22)12-13-25-17-7-5-4-6-15(17)2/h15-17H,3-14H2,1-2H3,(H,21,22)/t15-,17-/m1/s1. The normalized spacial score (nSPS) is 26.3. The molecule has 8 heteroatoms. The van der Waals surface area contributed by atoms with Gasteiger partial charge in [-0.2, -0.15) is 0 Å². The molecule has 1 aliphatic heterocycles. The summed E-state index contributed by atoms with van der Waals surface area (Å²) in [4.78, 5) is 13.2. The molecule has 0 aromatic carbocycles. The second kappa shape index (κ2) is 10.0. The van der Waals surface area contributed by atoms with Crippen molar-refractivity contribution in [2.75, 3.05) is 38.5 Å². The predicted octanol–water partition coefficient (Wildman–Crippen LogP) is 1.78. The Labute approximate surface area is 157 Å². The van der Waals surface area contributed by atoms with Crippen molar-refractivity contribution in [2.45, 2.75) is 64.5 Å². The number of carboxylic acids is 1. The zero-order valence-electron chi connectivity index (χ0n) is 16.1. The van der Waals surface area contributed by atoms with Gasteiger partial charge in [-0.05, 0) is 38.5 Å². The maximum atomic E-state index is 12.0. The molecular formula is C18H34N2O5S. The number of carbonyl (C=O) groups is 1. The molecule has 152 valence electrons. The number of hydrogen-bond acceptors (Lipinski definition) is 5. The Hall–Kier alpha value is -0.700. The van der Waals surface area contributed by atoms with E-state index in [4.69, 9.17) is 4.74 Å². The Morgan fingerprint density at radius 2 is 1.85 bits per heavy atom. The van der Waals surface area contributed by atoms with Gasteiger partial charge in [0.15, 0.2) is 0 Å². The van der Waals surface area contributed by atoms with Gasteiger partial charge >= 0.3 is 5.97 Å². The lowest BCUT2D eigenvalue weighted by Gasteiger charge is -2.37. The third-order valence-corrected chi connectivity index (χ3v) is 7.66. The molecule has 1 saturated carbocycles. The van der Waals surface area contributed by atoms with E-state index in [2.05, 4.69) is 6.92 Å². The molecule has 0 amide bonds. The Balaban J connectivity index is 1.84. The fraction of sp³-hybridized carbons (Fsp3) is 0.944. The predicted molar refractivity (Wildman–Crippen MR) is 101 cm³/mol. The van der Waals surface area contributed by atoms with E-state index in [9.17, 15) is 18.3 Å². The van der Waals surface area contributed by atoms with Crippen molar-refractivity contribution in [3.63, 3.8) is 0 Å². The van der Waals surface area contributed by atoms with Gasteiger partial charge in [-0.1, -0.05) is 19.8 Å². The van der Waals surface area contributed by atoms with Gasteiger partial charge in [-0.25, -0.2) is 12.7 Å². The summed E-state index contributed by atoms with van der Waals surface area (Å²) in [6.45, 7) is 5.92. The van der Waals surface area contributed by atoms with Crippen molar-refractivity contribution in [1.29, 1.82) is 0 Å². The average molecular weight is 391 g/mol. The number of rotatable bonds is 9. The van der Waals surface area contributed by atoms with Crippen molar-refractivity contribution < 1.29 is 23.1 Å². The zero-order chi connectivity index (χ0) is 19.2. The molecule has 1 heterocycles. The van der Waals surface area contributed by atoms with Gasteiger partial charge in [0.25, 0.3) is 0 Å².